The molecule has 1 amide bonds. The molecule has 2 aromatic rings. The van der Waals surface area contributed by atoms with E-state index in [0.717, 1.165) is 5.56 Å². The van der Waals surface area contributed by atoms with Crippen LogP contribution >= 0.6 is 0 Å². The van der Waals surface area contributed by atoms with Crippen LogP contribution in [0, 0.1) is 6.92 Å². The Bertz CT molecular complexity index is 638. The Balaban J connectivity index is 2.36. The molecule has 0 unspecified atom stereocenters. The van der Waals surface area contributed by atoms with Crippen molar-refractivity contribution in [3.63, 3.8) is 0 Å². The minimum atomic E-state index is -0.134. The van der Waals surface area contributed by atoms with Gasteiger partial charge in [0.1, 0.15) is 5.75 Å². The van der Waals surface area contributed by atoms with Crippen molar-refractivity contribution >= 4 is 17.3 Å². The average Bonchev–Trinajstić information content (AvgIpc) is 2.42. The molecule has 104 valence electrons. The molecule has 0 heterocycles. The van der Waals surface area contributed by atoms with E-state index in [0.29, 0.717) is 23.5 Å². The van der Waals surface area contributed by atoms with Crippen molar-refractivity contribution in [1.82, 2.24) is 0 Å². The lowest BCUT2D eigenvalue weighted by Crippen LogP contribution is -2.30. The molecular weight excluding hydrogens is 252 g/mol. The fraction of sp³-hybridized carbons (Fsp3) is 0.188. The Morgan fingerprint density at radius 2 is 2.00 bits per heavy atom. The number of anilines is 2. The van der Waals surface area contributed by atoms with Gasteiger partial charge in [-0.3, -0.25) is 4.79 Å². The van der Waals surface area contributed by atoms with Crippen LogP contribution in [0.5, 0.6) is 5.75 Å². The highest BCUT2D eigenvalue weighted by atomic mass is 16.3. The fourth-order valence-corrected chi connectivity index (χ4v) is 2.03. The van der Waals surface area contributed by atoms with Crippen molar-refractivity contribution in [3.8, 4) is 5.75 Å². The molecule has 2 aromatic carbocycles. The molecule has 0 saturated heterocycles. The molecule has 0 spiro atoms. The monoisotopic (exact) mass is 270 g/mol. The Morgan fingerprint density at radius 1 is 1.25 bits per heavy atom. The van der Waals surface area contributed by atoms with E-state index >= 15 is 0 Å². The Morgan fingerprint density at radius 3 is 2.60 bits per heavy atom. The van der Waals surface area contributed by atoms with Gasteiger partial charge in [0.2, 0.25) is 0 Å². The molecule has 0 aliphatic carbocycles. The molecule has 0 aliphatic rings. The lowest BCUT2D eigenvalue weighted by Gasteiger charge is -2.21. The topological polar surface area (TPSA) is 66.6 Å². The first-order valence-electron chi connectivity index (χ1n) is 6.50. The quantitative estimate of drug-likeness (QED) is 0.843. The average molecular weight is 270 g/mol. The Labute approximate surface area is 118 Å². The van der Waals surface area contributed by atoms with Gasteiger partial charge >= 0.3 is 0 Å². The summed E-state index contributed by atoms with van der Waals surface area (Å²) in [6.45, 7) is 4.30. The zero-order chi connectivity index (χ0) is 14.7. The number of aryl methyl sites for hydroxylation is 1. The number of nitrogens with two attached hydrogens (primary N) is 1. The molecule has 2 rings (SSSR count). The molecule has 0 aliphatic heterocycles. The van der Waals surface area contributed by atoms with Gasteiger partial charge in [-0.05, 0) is 43.7 Å². The van der Waals surface area contributed by atoms with Crippen LogP contribution in [0.25, 0.3) is 0 Å². The maximum atomic E-state index is 12.5. The van der Waals surface area contributed by atoms with E-state index in [1.165, 1.54) is 0 Å². The number of benzene rings is 2. The highest BCUT2D eigenvalue weighted by Gasteiger charge is 2.16. The fourth-order valence-electron chi connectivity index (χ4n) is 2.03. The minimum absolute atomic E-state index is 0.134. The lowest BCUT2D eigenvalue weighted by molar-refractivity contribution is 0.0988. The molecule has 4 nitrogen and oxygen atoms in total. The summed E-state index contributed by atoms with van der Waals surface area (Å²) in [6.07, 6.45) is 0. The number of nitrogens with zero attached hydrogens (tertiary/aromatic N) is 1. The van der Waals surface area contributed by atoms with Crippen LogP contribution in [0.4, 0.5) is 11.4 Å². The maximum absolute atomic E-state index is 12.5. The van der Waals surface area contributed by atoms with E-state index in [1.807, 2.05) is 19.9 Å². The number of aromatic hydroxyl groups is 1. The maximum Gasteiger partial charge on any atom is 0.258 e. The van der Waals surface area contributed by atoms with E-state index in [9.17, 15) is 9.90 Å². The molecule has 0 fully saturated rings. The number of phenols is 1. The highest BCUT2D eigenvalue weighted by molar-refractivity contribution is 6.06. The van der Waals surface area contributed by atoms with Gasteiger partial charge in [0.15, 0.2) is 0 Å². The first-order chi connectivity index (χ1) is 9.52. The number of carbonyl (C=O) groups excluding carboxylic acids is 1. The predicted octanol–water partition coefficient (Wildman–Crippen LogP) is 2.95. The van der Waals surface area contributed by atoms with Crippen LogP contribution in [0.15, 0.2) is 42.5 Å². The van der Waals surface area contributed by atoms with Crippen LogP contribution < -0.4 is 10.6 Å². The molecular formula is C16H18N2O2. The smallest absolute Gasteiger partial charge is 0.258 e. The second kappa shape index (κ2) is 5.65. The van der Waals surface area contributed by atoms with Crippen molar-refractivity contribution in [1.29, 1.82) is 0 Å². The SMILES string of the molecule is CCN(C(=O)c1ccc(C)c(N)c1)c1cccc(O)c1. The van der Waals surface area contributed by atoms with Crippen LogP contribution in [0.3, 0.4) is 0 Å². The summed E-state index contributed by atoms with van der Waals surface area (Å²) in [7, 11) is 0. The van der Waals surface area contributed by atoms with Crippen molar-refractivity contribution in [2.75, 3.05) is 17.2 Å². The molecule has 0 atom stereocenters. The van der Waals surface area contributed by atoms with Gasteiger partial charge in [-0.1, -0.05) is 12.1 Å². The molecule has 20 heavy (non-hydrogen) atoms. The molecule has 0 saturated carbocycles. The van der Waals surface area contributed by atoms with Crippen molar-refractivity contribution in [2.45, 2.75) is 13.8 Å². The summed E-state index contributed by atoms with van der Waals surface area (Å²) in [4.78, 5) is 14.1. The predicted molar refractivity (Wildman–Crippen MR) is 81.0 cm³/mol. The molecule has 3 N–H and O–H groups in total. The van der Waals surface area contributed by atoms with Gasteiger partial charge in [-0.2, -0.15) is 0 Å². The number of carbonyl (C=O) groups is 1. The first kappa shape index (κ1) is 13.9. The third kappa shape index (κ3) is 2.74. The summed E-state index contributed by atoms with van der Waals surface area (Å²) < 4.78 is 0. The largest absolute Gasteiger partial charge is 0.508 e. The van der Waals surface area contributed by atoms with E-state index in [2.05, 4.69) is 0 Å². The van der Waals surface area contributed by atoms with Gasteiger partial charge in [0.05, 0.1) is 0 Å². The molecule has 0 bridgehead atoms. The van der Waals surface area contributed by atoms with Crippen LogP contribution in [-0.2, 0) is 0 Å². The molecule has 0 radical (unpaired) electrons. The number of amides is 1. The Kier molecular flexibility index (Phi) is 3.94. The van der Waals surface area contributed by atoms with E-state index in [-0.39, 0.29) is 11.7 Å². The number of hydrogen-bond acceptors (Lipinski definition) is 3. The van der Waals surface area contributed by atoms with E-state index in [4.69, 9.17) is 5.73 Å². The Hall–Kier alpha value is -2.49. The minimum Gasteiger partial charge on any atom is -0.508 e. The first-order valence-corrected chi connectivity index (χ1v) is 6.50. The van der Waals surface area contributed by atoms with Gasteiger partial charge in [-0.25, -0.2) is 0 Å². The standard InChI is InChI=1S/C16H18N2O2/c1-3-18(13-5-4-6-14(19)10-13)16(20)12-8-7-11(2)15(17)9-12/h4-10,19H,3,17H2,1-2H3. The van der Waals surface area contributed by atoms with Gasteiger partial charge in [0.25, 0.3) is 5.91 Å². The number of nitrogen functional groups attached to an aromatic ring is 1. The summed E-state index contributed by atoms with van der Waals surface area (Å²) in [5, 5.41) is 9.53. The van der Waals surface area contributed by atoms with Gasteiger partial charge < -0.3 is 15.7 Å². The summed E-state index contributed by atoms with van der Waals surface area (Å²) in [5.74, 6) is 0.00182. The number of phenolic OH excluding ortho intramolecular Hbond substituents is 1. The third-order valence-corrected chi connectivity index (χ3v) is 3.23. The van der Waals surface area contributed by atoms with Crippen LogP contribution in [0.1, 0.15) is 22.8 Å². The second-order valence-electron chi connectivity index (χ2n) is 4.64. The highest BCUT2D eigenvalue weighted by Crippen LogP contribution is 2.23. The van der Waals surface area contributed by atoms with E-state index in [1.54, 1.807) is 41.3 Å². The molecule has 0 aromatic heterocycles. The lowest BCUT2D eigenvalue weighted by atomic mass is 10.1. The van der Waals surface area contributed by atoms with Gasteiger partial charge in [-0.15, -0.1) is 0 Å². The number of hydrogen-bond donors (Lipinski definition) is 2. The summed E-state index contributed by atoms with van der Waals surface area (Å²) in [5.41, 5.74) is 8.60. The summed E-state index contributed by atoms with van der Waals surface area (Å²) in [6, 6.07) is 11.9. The third-order valence-electron chi connectivity index (χ3n) is 3.23. The van der Waals surface area contributed by atoms with Crippen molar-refractivity contribution in [3.05, 3.63) is 53.6 Å². The van der Waals surface area contributed by atoms with E-state index < -0.39 is 0 Å². The second-order valence-corrected chi connectivity index (χ2v) is 4.64. The van der Waals surface area contributed by atoms with Crippen LogP contribution in [0.2, 0.25) is 0 Å². The van der Waals surface area contributed by atoms with Crippen molar-refractivity contribution in [2.24, 2.45) is 0 Å². The van der Waals surface area contributed by atoms with Gasteiger partial charge in [0, 0.05) is 29.5 Å². The zero-order valence-corrected chi connectivity index (χ0v) is 11.6. The summed E-state index contributed by atoms with van der Waals surface area (Å²) >= 11 is 0. The van der Waals surface area contributed by atoms with Crippen molar-refractivity contribution < 1.29 is 9.90 Å². The number of rotatable bonds is 3. The zero-order valence-electron chi connectivity index (χ0n) is 11.6. The normalized spacial score (nSPS) is 10.3. The molecule has 4 heteroatoms. The van der Waals surface area contributed by atoms with Crippen LogP contribution in [-0.4, -0.2) is 17.6 Å².